The summed E-state index contributed by atoms with van der Waals surface area (Å²) in [6.07, 6.45) is 2.95. The van der Waals surface area contributed by atoms with Crippen LogP contribution in [-0.4, -0.2) is 20.3 Å². The van der Waals surface area contributed by atoms with E-state index in [1.165, 1.54) is 12.3 Å². The fourth-order valence-corrected chi connectivity index (χ4v) is 0.565. The number of aliphatic carboxylic acids is 1. The van der Waals surface area contributed by atoms with Crippen molar-refractivity contribution in [2.75, 3.05) is 0 Å². The Hall–Kier alpha value is -0.590. The Kier molecular flexibility index (Phi) is 4.22. The van der Waals surface area contributed by atoms with Crippen LogP contribution in [0.2, 0.25) is 0 Å². The van der Waals surface area contributed by atoms with Crippen LogP contribution in [0.1, 0.15) is 13.8 Å². The minimum absolute atomic E-state index is 0.348. The minimum atomic E-state index is -0.984. The fraction of sp³-hybridized carbons (Fsp3) is 0.429. The lowest BCUT2D eigenvalue weighted by atomic mass is 10.1. The molecule has 0 saturated carbocycles. The highest BCUT2D eigenvalue weighted by Crippen LogP contribution is 2.01. The highest BCUT2D eigenvalue weighted by atomic mass is 127. The topological polar surface area (TPSA) is 73.2 Å². The number of halogens is 1. The highest BCUT2D eigenvalue weighted by molar-refractivity contribution is 14.1. The van der Waals surface area contributed by atoms with Gasteiger partial charge in [0.1, 0.15) is 5.54 Å². The predicted octanol–water partition coefficient (Wildman–Crippen LogP) is 1.37. The molecule has 0 aromatic heterocycles. The summed E-state index contributed by atoms with van der Waals surface area (Å²) in [4.78, 5) is 10.5. The Morgan fingerprint density at radius 2 is 2.17 bits per heavy atom. The van der Waals surface area contributed by atoms with Crippen molar-refractivity contribution in [3.63, 3.8) is 0 Å². The molecule has 0 aliphatic heterocycles. The van der Waals surface area contributed by atoms with Crippen molar-refractivity contribution in [1.82, 2.24) is 5.32 Å². The zero-order chi connectivity index (χ0) is 9.78. The van der Waals surface area contributed by atoms with Gasteiger partial charge in [-0.2, -0.15) is 0 Å². The van der Waals surface area contributed by atoms with Gasteiger partial charge in [-0.25, -0.2) is 4.79 Å². The van der Waals surface area contributed by atoms with Crippen molar-refractivity contribution in [2.45, 2.75) is 19.4 Å². The summed E-state index contributed by atoms with van der Waals surface area (Å²) in [5.74, 6) is -0.924. The second kappa shape index (κ2) is 4.44. The van der Waals surface area contributed by atoms with Crippen molar-refractivity contribution < 1.29 is 9.90 Å². The second-order valence-corrected chi connectivity index (χ2v) is 3.92. The number of carboxylic acids is 1. The van der Waals surface area contributed by atoms with Crippen molar-refractivity contribution in [1.29, 1.82) is 5.41 Å². The SMILES string of the molecule is CC(C)(N/C=C\C(=N)I)C(=O)O. The molecule has 0 amide bonds. The molecule has 0 saturated heterocycles. The third-order valence-corrected chi connectivity index (χ3v) is 1.57. The van der Waals surface area contributed by atoms with Crippen LogP contribution in [0.3, 0.4) is 0 Å². The van der Waals surface area contributed by atoms with E-state index in [4.69, 9.17) is 10.5 Å². The molecule has 0 fully saturated rings. The average molecular weight is 282 g/mol. The number of hydrogen-bond donors (Lipinski definition) is 3. The maximum atomic E-state index is 10.5. The summed E-state index contributed by atoms with van der Waals surface area (Å²) in [5, 5.41) is 18.3. The van der Waals surface area contributed by atoms with Crippen LogP contribution in [0.4, 0.5) is 0 Å². The second-order valence-electron chi connectivity index (χ2n) is 2.76. The molecule has 0 unspecified atom stereocenters. The molecule has 0 aliphatic rings. The highest BCUT2D eigenvalue weighted by Gasteiger charge is 2.24. The first-order chi connectivity index (χ1) is 5.36. The van der Waals surface area contributed by atoms with Gasteiger partial charge in [-0.05, 0) is 48.7 Å². The number of carbonyl (C=O) groups is 1. The maximum absolute atomic E-state index is 10.5. The van der Waals surface area contributed by atoms with Crippen molar-refractivity contribution in [3.8, 4) is 0 Å². The molecular formula is C7H11IN2O2. The largest absolute Gasteiger partial charge is 0.480 e. The van der Waals surface area contributed by atoms with Gasteiger partial charge in [0, 0.05) is 0 Å². The normalized spacial score (nSPS) is 11.6. The van der Waals surface area contributed by atoms with Crippen molar-refractivity contribution >= 4 is 32.3 Å². The third-order valence-electron chi connectivity index (χ3n) is 1.21. The number of carboxylic acid groups (broad SMARTS) is 1. The van der Waals surface area contributed by atoms with Crippen LogP contribution < -0.4 is 5.32 Å². The maximum Gasteiger partial charge on any atom is 0.328 e. The number of rotatable bonds is 4. The Morgan fingerprint density at radius 3 is 2.50 bits per heavy atom. The molecule has 0 spiro atoms. The molecule has 3 N–H and O–H groups in total. The fourth-order valence-electron chi connectivity index (χ4n) is 0.385. The molecule has 0 bridgehead atoms. The first kappa shape index (κ1) is 11.4. The smallest absolute Gasteiger partial charge is 0.328 e. The van der Waals surface area contributed by atoms with Gasteiger partial charge in [0.15, 0.2) is 0 Å². The lowest BCUT2D eigenvalue weighted by Gasteiger charge is -2.18. The molecule has 12 heavy (non-hydrogen) atoms. The molecule has 0 aromatic carbocycles. The van der Waals surface area contributed by atoms with Crippen LogP contribution in [-0.2, 0) is 4.79 Å². The van der Waals surface area contributed by atoms with E-state index in [2.05, 4.69) is 5.32 Å². The quantitative estimate of drug-likeness (QED) is 0.538. The molecule has 68 valence electrons. The van der Waals surface area contributed by atoms with Crippen molar-refractivity contribution in [3.05, 3.63) is 12.3 Å². The van der Waals surface area contributed by atoms with Gasteiger partial charge in [-0.1, -0.05) is 0 Å². The van der Waals surface area contributed by atoms with Gasteiger partial charge < -0.3 is 10.4 Å². The van der Waals surface area contributed by atoms with Crippen LogP contribution in [0.5, 0.6) is 0 Å². The van der Waals surface area contributed by atoms with Gasteiger partial charge in [0.25, 0.3) is 0 Å². The molecule has 0 radical (unpaired) electrons. The van der Waals surface area contributed by atoms with E-state index >= 15 is 0 Å². The van der Waals surface area contributed by atoms with E-state index in [9.17, 15) is 4.79 Å². The Bertz CT molecular complexity index is 223. The average Bonchev–Trinajstić information content (AvgIpc) is 1.85. The molecule has 5 heteroatoms. The first-order valence-electron chi connectivity index (χ1n) is 3.28. The summed E-state index contributed by atoms with van der Waals surface area (Å²) < 4.78 is 0.348. The molecular weight excluding hydrogens is 271 g/mol. The molecule has 0 rings (SSSR count). The minimum Gasteiger partial charge on any atom is -0.480 e. The first-order valence-corrected chi connectivity index (χ1v) is 4.36. The monoisotopic (exact) mass is 282 g/mol. The lowest BCUT2D eigenvalue weighted by Crippen LogP contribution is -2.43. The van der Waals surface area contributed by atoms with Crippen LogP contribution in [0.25, 0.3) is 0 Å². The zero-order valence-corrected chi connectivity index (χ0v) is 9.05. The van der Waals surface area contributed by atoms with Gasteiger partial charge in [-0.3, -0.25) is 5.41 Å². The van der Waals surface area contributed by atoms with E-state index in [0.717, 1.165) is 0 Å². The zero-order valence-electron chi connectivity index (χ0n) is 6.89. The van der Waals surface area contributed by atoms with E-state index in [-0.39, 0.29) is 0 Å². The van der Waals surface area contributed by atoms with Gasteiger partial charge in [0.2, 0.25) is 0 Å². The molecule has 4 nitrogen and oxygen atoms in total. The molecule has 0 heterocycles. The van der Waals surface area contributed by atoms with Gasteiger partial charge in [0.05, 0.1) is 3.72 Å². The predicted molar refractivity (Wildman–Crippen MR) is 55.7 cm³/mol. The molecule has 0 aromatic rings. The summed E-state index contributed by atoms with van der Waals surface area (Å²) in [5.41, 5.74) is -0.984. The van der Waals surface area contributed by atoms with E-state index in [1.54, 1.807) is 13.8 Å². The van der Waals surface area contributed by atoms with E-state index in [1.807, 2.05) is 22.6 Å². The Labute approximate surface area is 84.7 Å². The summed E-state index contributed by atoms with van der Waals surface area (Å²) in [6, 6.07) is 0. The number of hydrogen-bond acceptors (Lipinski definition) is 3. The van der Waals surface area contributed by atoms with E-state index < -0.39 is 11.5 Å². The number of allylic oxidation sites excluding steroid dienone is 1. The summed E-state index contributed by atoms with van der Waals surface area (Å²) in [7, 11) is 0. The van der Waals surface area contributed by atoms with Gasteiger partial charge in [-0.15, -0.1) is 0 Å². The Balaban J connectivity index is 4.09. The van der Waals surface area contributed by atoms with Crippen LogP contribution in [0.15, 0.2) is 12.3 Å². The summed E-state index contributed by atoms with van der Waals surface area (Å²) >= 11 is 1.82. The molecule has 0 aliphatic carbocycles. The standard InChI is InChI=1S/C7H11IN2O2/c1-7(2,6(11)12)10-4-3-5(8)9/h3-4,9-10H,1-2H3,(H,11,12)/b4-3-,9-5?. The van der Waals surface area contributed by atoms with Crippen LogP contribution in [0, 0.1) is 5.41 Å². The lowest BCUT2D eigenvalue weighted by molar-refractivity contribution is -0.142. The summed E-state index contributed by atoms with van der Waals surface area (Å²) in [6.45, 7) is 3.10. The Morgan fingerprint density at radius 1 is 1.67 bits per heavy atom. The molecule has 0 atom stereocenters. The van der Waals surface area contributed by atoms with Gasteiger partial charge >= 0.3 is 5.97 Å². The van der Waals surface area contributed by atoms with E-state index in [0.29, 0.717) is 3.72 Å². The van der Waals surface area contributed by atoms with Crippen LogP contribution >= 0.6 is 22.6 Å². The number of nitrogens with one attached hydrogen (secondary N) is 2. The third kappa shape index (κ3) is 4.32. The van der Waals surface area contributed by atoms with Crippen molar-refractivity contribution in [2.24, 2.45) is 0 Å².